The Morgan fingerprint density at radius 3 is 3.10 bits per heavy atom. The van der Waals surface area contributed by atoms with Gasteiger partial charge >= 0.3 is 5.97 Å². The van der Waals surface area contributed by atoms with E-state index in [9.17, 15) is 9.18 Å². The highest BCUT2D eigenvalue weighted by atomic mass is 19.1. The topological polar surface area (TPSA) is 62.6 Å². The first-order valence-corrected chi connectivity index (χ1v) is 6.27. The van der Waals surface area contributed by atoms with E-state index in [0.717, 1.165) is 0 Å². The van der Waals surface area contributed by atoms with Gasteiger partial charge in [0.05, 0.1) is 43.6 Å². The summed E-state index contributed by atoms with van der Waals surface area (Å²) in [5.41, 5.74) is 0.702. The van der Waals surface area contributed by atoms with E-state index in [1.54, 1.807) is 12.1 Å². The van der Waals surface area contributed by atoms with Gasteiger partial charge < -0.3 is 14.4 Å². The van der Waals surface area contributed by atoms with Crippen molar-refractivity contribution in [2.75, 3.05) is 31.7 Å². The lowest BCUT2D eigenvalue weighted by atomic mass is 10.1. The lowest BCUT2D eigenvalue weighted by Gasteiger charge is -2.34. The number of rotatable bonds is 3. The number of halogens is 1. The van der Waals surface area contributed by atoms with Crippen LogP contribution in [0.1, 0.15) is 12.0 Å². The van der Waals surface area contributed by atoms with Crippen molar-refractivity contribution in [3.05, 3.63) is 29.6 Å². The number of ether oxygens (including phenoxy) is 2. The molecule has 0 spiro atoms. The Bertz CT molecular complexity index is 542. The van der Waals surface area contributed by atoms with Crippen LogP contribution in [0.3, 0.4) is 0 Å². The smallest absolute Gasteiger partial charge is 0.308 e. The van der Waals surface area contributed by atoms with E-state index in [1.807, 2.05) is 11.0 Å². The second-order valence-electron chi connectivity index (χ2n) is 4.50. The van der Waals surface area contributed by atoms with Gasteiger partial charge in [0.1, 0.15) is 5.82 Å². The fourth-order valence-electron chi connectivity index (χ4n) is 2.16. The monoisotopic (exact) mass is 278 g/mol. The molecule has 0 aliphatic carbocycles. The number of carbonyl (C=O) groups is 1. The summed E-state index contributed by atoms with van der Waals surface area (Å²) in [6, 6.07) is 6.25. The molecule has 0 saturated carbocycles. The number of hydrogen-bond donors (Lipinski definition) is 0. The predicted molar refractivity (Wildman–Crippen MR) is 69.7 cm³/mol. The molecule has 1 fully saturated rings. The molecule has 106 valence electrons. The molecular weight excluding hydrogens is 263 g/mol. The Labute approximate surface area is 116 Å². The van der Waals surface area contributed by atoms with Gasteiger partial charge in [0.25, 0.3) is 0 Å². The number of carbonyl (C=O) groups excluding carboxylic acids is 1. The number of hydrogen-bond acceptors (Lipinski definition) is 5. The number of benzene rings is 1. The molecule has 0 amide bonds. The molecule has 0 unspecified atom stereocenters. The van der Waals surface area contributed by atoms with Gasteiger partial charge in [-0.05, 0) is 18.2 Å². The minimum absolute atomic E-state index is 0.144. The number of methoxy groups -OCH3 is 1. The van der Waals surface area contributed by atoms with Crippen molar-refractivity contribution >= 4 is 11.7 Å². The van der Waals surface area contributed by atoms with Crippen LogP contribution in [0.5, 0.6) is 0 Å². The number of anilines is 1. The van der Waals surface area contributed by atoms with Crippen LogP contribution in [0, 0.1) is 17.1 Å². The third-order valence-corrected chi connectivity index (χ3v) is 3.18. The molecule has 1 aromatic carbocycles. The lowest BCUT2D eigenvalue weighted by Crippen LogP contribution is -2.43. The summed E-state index contributed by atoms with van der Waals surface area (Å²) >= 11 is 0. The average molecular weight is 278 g/mol. The first-order chi connectivity index (χ1) is 9.63. The molecule has 1 aliphatic rings. The zero-order chi connectivity index (χ0) is 14.5. The molecule has 1 aromatic rings. The fraction of sp³-hybridized carbons (Fsp3) is 0.429. The van der Waals surface area contributed by atoms with Crippen molar-refractivity contribution in [3.63, 3.8) is 0 Å². The van der Waals surface area contributed by atoms with Crippen molar-refractivity contribution in [2.24, 2.45) is 0 Å². The Kier molecular flexibility index (Phi) is 4.53. The van der Waals surface area contributed by atoms with Crippen LogP contribution in [-0.2, 0) is 14.3 Å². The van der Waals surface area contributed by atoms with E-state index in [0.29, 0.717) is 25.4 Å². The quantitative estimate of drug-likeness (QED) is 0.783. The first-order valence-electron chi connectivity index (χ1n) is 6.27. The van der Waals surface area contributed by atoms with Crippen molar-refractivity contribution in [1.29, 1.82) is 5.26 Å². The highest BCUT2D eigenvalue weighted by molar-refractivity contribution is 5.70. The van der Waals surface area contributed by atoms with E-state index in [-0.39, 0.29) is 24.1 Å². The molecule has 1 aliphatic heterocycles. The Morgan fingerprint density at radius 1 is 1.65 bits per heavy atom. The summed E-state index contributed by atoms with van der Waals surface area (Å²) in [5, 5.41) is 8.73. The van der Waals surface area contributed by atoms with Crippen LogP contribution in [0.4, 0.5) is 10.1 Å². The van der Waals surface area contributed by atoms with E-state index < -0.39 is 5.82 Å². The molecule has 1 atom stereocenters. The standard InChI is InChI=1S/C14H15FN2O3/c1-19-14(18)7-11-9-17(4-5-20-11)13-3-2-10(8-16)6-12(13)15/h2-3,6,11H,4-5,7,9H2,1H3/t11-/m0/s1. The van der Waals surface area contributed by atoms with Crippen molar-refractivity contribution < 1.29 is 18.7 Å². The Hall–Kier alpha value is -2.13. The van der Waals surface area contributed by atoms with E-state index in [4.69, 9.17) is 10.00 Å². The summed E-state index contributed by atoms with van der Waals surface area (Å²) < 4.78 is 24.0. The van der Waals surface area contributed by atoms with Gasteiger partial charge in [-0.3, -0.25) is 4.79 Å². The molecule has 5 nitrogen and oxygen atoms in total. The van der Waals surface area contributed by atoms with Crippen molar-refractivity contribution in [1.82, 2.24) is 0 Å². The number of morpholine rings is 1. The third-order valence-electron chi connectivity index (χ3n) is 3.18. The molecule has 0 aromatic heterocycles. The van der Waals surface area contributed by atoms with E-state index in [1.165, 1.54) is 13.2 Å². The molecule has 20 heavy (non-hydrogen) atoms. The molecule has 6 heteroatoms. The summed E-state index contributed by atoms with van der Waals surface area (Å²) in [7, 11) is 1.32. The predicted octanol–water partition coefficient (Wildman–Crippen LogP) is 1.47. The Morgan fingerprint density at radius 2 is 2.45 bits per heavy atom. The molecule has 0 N–H and O–H groups in total. The van der Waals surface area contributed by atoms with E-state index in [2.05, 4.69) is 4.74 Å². The maximum Gasteiger partial charge on any atom is 0.308 e. The van der Waals surface area contributed by atoms with Gasteiger partial charge in [-0.25, -0.2) is 4.39 Å². The zero-order valence-electron chi connectivity index (χ0n) is 11.1. The first kappa shape index (κ1) is 14.3. The second-order valence-corrected chi connectivity index (χ2v) is 4.50. The number of esters is 1. The largest absolute Gasteiger partial charge is 0.469 e. The van der Waals surface area contributed by atoms with Gasteiger partial charge in [-0.1, -0.05) is 0 Å². The van der Waals surface area contributed by atoms with Crippen LogP contribution in [0.2, 0.25) is 0 Å². The van der Waals surface area contributed by atoms with Crippen LogP contribution in [0.25, 0.3) is 0 Å². The average Bonchev–Trinajstić information content (AvgIpc) is 2.47. The molecule has 1 saturated heterocycles. The molecule has 1 heterocycles. The molecule has 2 rings (SSSR count). The number of nitriles is 1. The Balaban J connectivity index is 2.09. The van der Waals surface area contributed by atoms with Crippen LogP contribution >= 0.6 is 0 Å². The lowest BCUT2D eigenvalue weighted by molar-refractivity contribution is -0.144. The third kappa shape index (κ3) is 3.25. The number of nitrogens with zero attached hydrogens (tertiary/aromatic N) is 2. The zero-order valence-corrected chi connectivity index (χ0v) is 11.1. The summed E-state index contributed by atoms with van der Waals surface area (Å²) in [4.78, 5) is 13.1. The molecule has 0 bridgehead atoms. The minimum Gasteiger partial charge on any atom is -0.469 e. The maximum atomic E-state index is 14.0. The summed E-state index contributed by atoms with van der Waals surface area (Å²) in [5.74, 6) is -0.792. The SMILES string of the molecule is COC(=O)C[C@H]1CN(c2ccc(C#N)cc2F)CCO1. The van der Waals surface area contributed by atoms with Gasteiger partial charge in [0.15, 0.2) is 0 Å². The highest BCUT2D eigenvalue weighted by Crippen LogP contribution is 2.23. The molecule has 0 radical (unpaired) electrons. The van der Waals surface area contributed by atoms with Gasteiger partial charge in [0, 0.05) is 13.1 Å². The summed E-state index contributed by atoms with van der Waals surface area (Å²) in [6.45, 7) is 1.37. The normalized spacial score (nSPS) is 18.4. The van der Waals surface area contributed by atoms with Gasteiger partial charge in [-0.15, -0.1) is 0 Å². The summed E-state index contributed by atoms with van der Waals surface area (Å²) in [6.07, 6.45) is -0.170. The van der Waals surface area contributed by atoms with Crippen molar-refractivity contribution in [2.45, 2.75) is 12.5 Å². The highest BCUT2D eigenvalue weighted by Gasteiger charge is 2.25. The van der Waals surface area contributed by atoms with Crippen LogP contribution in [-0.4, -0.2) is 38.9 Å². The minimum atomic E-state index is -0.442. The van der Waals surface area contributed by atoms with Crippen LogP contribution in [0.15, 0.2) is 18.2 Å². The maximum absolute atomic E-state index is 14.0. The second kappa shape index (κ2) is 6.35. The van der Waals surface area contributed by atoms with Crippen LogP contribution < -0.4 is 4.90 Å². The van der Waals surface area contributed by atoms with E-state index >= 15 is 0 Å². The van der Waals surface area contributed by atoms with Gasteiger partial charge in [0.2, 0.25) is 0 Å². The molecular formula is C14H15FN2O3. The fourth-order valence-corrected chi connectivity index (χ4v) is 2.16. The van der Waals surface area contributed by atoms with Gasteiger partial charge in [-0.2, -0.15) is 5.26 Å². The van der Waals surface area contributed by atoms with Crippen molar-refractivity contribution in [3.8, 4) is 6.07 Å².